The van der Waals surface area contributed by atoms with E-state index < -0.39 is 0 Å². The Morgan fingerprint density at radius 3 is 3.05 bits per heavy atom. The molecule has 0 unspecified atom stereocenters. The summed E-state index contributed by atoms with van der Waals surface area (Å²) in [6, 6.07) is 3.81. The van der Waals surface area contributed by atoms with Crippen molar-refractivity contribution < 1.29 is 14.3 Å². The van der Waals surface area contributed by atoms with Crippen molar-refractivity contribution in [3.8, 4) is 5.75 Å². The zero-order chi connectivity index (χ0) is 14.5. The Morgan fingerprint density at radius 2 is 2.30 bits per heavy atom. The van der Waals surface area contributed by atoms with Gasteiger partial charge in [0.25, 0.3) is 0 Å². The van der Waals surface area contributed by atoms with Crippen molar-refractivity contribution in [1.29, 1.82) is 0 Å². The van der Waals surface area contributed by atoms with Crippen LogP contribution in [-0.4, -0.2) is 29.0 Å². The lowest BCUT2D eigenvalue weighted by atomic mass is 10.2. The second kappa shape index (κ2) is 6.56. The summed E-state index contributed by atoms with van der Waals surface area (Å²) in [7, 11) is 1.87. The van der Waals surface area contributed by atoms with Crippen LogP contribution in [0.4, 0.5) is 0 Å². The van der Waals surface area contributed by atoms with Crippen molar-refractivity contribution in [2.24, 2.45) is 7.05 Å². The second-order valence-electron chi connectivity index (χ2n) is 4.11. The quantitative estimate of drug-likeness (QED) is 0.621. The van der Waals surface area contributed by atoms with Gasteiger partial charge in [-0.1, -0.05) is 0 Å². The number of aryl methyl sites for hydroxylation is 1. The molecule has 0 radical (unpaired) electrons. The number of ether oxygens (including phenoxy) is 2. The van der Waals surface area contributed by atoms with E-state index in [4.69, 9.17) is 9.47 Å². The Morgan fingerprint density at radius 1 is 1.50 bits per heavy atom. The minimum Gasteiger partial charge on any atom is -0.488 e. The highest BCUT2D eigenvalue weighted by Crippen LogP contribution is 2.29. The van der Waals surface area contributed by atoms with E-state index in [1.807, 2.05) is 25.4 Å². The van der Waals surface area contributed by atoms with Crippen LogP contribution in [0.2, 0.25) is 0 Å². The average Bonchev–Trinajstić information content (AvgIpc) is 2.74. The minimum absolute atomic E-state index is 0.295. The minimum atomic E-state index is -0.363. The monoisotopic (exact) mass is 338 g/mol. The lowest BCUT2D eigenvalue weighted by Gasteiger charge is -2.05. The molecule has 2 rings (SSSR count). The number of fused-ring (bicyclic) bond motifs is 1. The molecule has 0 aliphatic heterocycles. The fourth-order valence-electron chi connectivity index (χ4n) is 1.73. The number of carbonyl (C=O) groups excluding carboxylic acids is 1. The first kappa shape index (κ1) is 14.6. The first-order chi connectivity index (χ1) is 9.60. The molecule has 5 nitrogen and oxygen atoms in total. The number of halogens is 1. The molecule has 0 aliphatic rings. The molecule has 0 fully saturated rings. The van der Waals surface area contributed by atoms with Crippen LogP contribution < -0.4 is 4.74 Å². The lowest BCUT2D eigenvalue weighted by molar-refractivity contribution is -0.137. The summed E-state index contributed by atoms with van der Waals surface area (Å²) in [5.74, 6) is 0.344. The van der Waals surface area contributed by atoms with Gasteiger partial charge in [0.1, 0.15) is 12.4 Å². The smallest absolute Gasteiger partial charge is 0.330 e. The first-order valence-electron chi connectivity index (χ1n) is 6.19. The van der Waals surface area contributed by atoms with Crippen molar-refractivity contribution >= 4 is 32.8 Å². The van der Waals surface area contributed by atoms with Gasteiger partial charge in [-0.25, -0.2) is 4.79 Å². The van der Waals surface area contributed by atoms with Gasteiger partial charge in [0.15, 0.2) is 0 Å². The summed E-state index contributed by atoms with van der Waals surface area (Å²) in [6.45, 7) is 2.43. The maximum atomic E-state index is 11.1. The molecular weight excluding hydrogens is 324 g/mol. The number of esters is 1. The van der Waals surface area contributed by atoms with Crippen molar-refractivity contribution in [2.75, 3.05) is 13.2 Å². The van der Waals surface area contributed by atoms with Gasteiger partial charge in [-0.3, -0.25) is 4.68 Å². The van der Waals surface area contributed by atoms with Crippen LogP contribution in [0.5, 0.6) is 5.75 Å². The van der Waals surface area contributed by atoms with Crippen LogP contribution >= 0.6 is 15.9 Å². The van der Waals surface area contributed by atoms with Crippen molar-refractivity contribution in [1.82, 2.24) is 9.78 Å². The fraction of sp³-hybridized carbons (Fsp3) is 0.286. The van der Waals surface area contributed by atoms with Crippen LogP contribution in [0.1, 0.15) is 6.92 Å². The Balaban J connectivity index is 2.02. The van der Waals surface area contributed by atoms with Gasteiger partial charge >= 0.3 is 5.97 Å². The normalized spacial score (nSPS) is 11.2. The number of rotatable bonds is 5. The molecule has 0 saturated carbocycles. The van der Waals surface area contributed by atoms with E-state index in [9.17, 15) is 4.79 Å². The largest absolute Gasteiger partial charge is 0.488 e. The van der Waals surface area contributed by atoms with Crippen LogP contribution in [0.3, 0.4) is 0 Å². The van der Waals surface area contributed by atoms with Gasteiger partial charge in [-0.05, 0) is 41.1 Å². The summed E-state index contributed by atoms with van der Waals surface area (Å²) >= 11 is 3.44. The molecule has 0 bridgehead atoms. The molecule has 0 saturated heterocycles. The van der Waals surface area contributed by atoms with Gasteiger partial charge in [0.05, 0.1) is 16.6 Å². The van der Waals surface area contributed by atoms with Crippen LogP contribution in [0.25, 0.3) is 10.9 Å². The maximum Gasteiger partial charge on any atom is 0.330 e. The Kier molecular flexibility index (Phi) is 4.79. The van der Waals surface area contributed by atoms with E-state index in [1.165, 1.54) is 6.08 Å². The van der Waals surface area contributed by atoms with E-state index >= 15 is 0 Å². The molecule has 0 atom stereocenters. The number of aromatic nitrogens is 2. The average molecular weight is 339 g/mol. The van der Waals surface area contributed by atoms with Crippen molar-refractivity contribution in [3.63, 3.8) is 0 Å². The highest BCUT2D eigenvalue weighted by atomic mass is 79.9. The standard InChI is InChI=1S/C14H15BrN2O3/c1-3-19-14(18)5-4-6-20-13-7-10-9-17(2)16-12(10)8-11(13)15/h4-5,7-9H,3,6H2,1-2H3/b5-4+. The van der Waals surface area contributed by atoms with Gasteiger partial charge in [-0.15, -0.1) is 0 Å². The molecule has 2 aromatic rings. The summed E-state index contributed by atoms with van der Waals surface area (Å²) in [6.07, 6.45) is 4.90. The highest BCUT2D eigenvalue weighted by Gasteiger charge is 2.06. The van der Waals surface area contributed by atoms with E-state index in [1.54, 1.807) is 17.7 Å². The highest BCUT2D eigenvalue weighted by molar-refractivity contribution is 9.10. The summed E-state index contributed by atoms with van der Waals surface area (Å²) < 4.78 is 13.0. The molecular formula is C14H15BrN2O3. The van der Waals surface area contributed by atoms with E-state index in [0.29, 0.717) is 19.0 Å². The first-order valence-corrected chi connectivity index (χ1v) is 6.98. The molecule has 1 heterocycles. The molecule has 106 valence electrons. The van der Waals surface area contributed by atoms with Gasteiger partial charge in [-0.2, -0.15) is 5.10 Å². The maximum absolute atomic E-state index is 11.1. The molecule has 1 aromatic heterocycles. The number of benzene rings is 1. The molecule has 0 N–H and O–H groups in total. The number of nitrogens with zero attached hydrogens (tertiary/aromatic N) is 2. The number of carbonyl (C=O) groups is 1. The third kappa shape index (κ3) is 3.60. The molecule has 20 heavy (non-hydrogen) atoms. The number of hydrogen-bond acceptors (Lipinski definition) is 4. The Labute approximate surface area is 125 Å². The van der Waals surface area contributed by atoms with Gasteiger partial charge < -0.3 is 9.47 Å². The summed E-state index contributed by atoms with van der Waals surface area (Å²) in [5, 5.41) is 5.31. The van der Waals surface area contributed by atoms with Crippen LogP contribution in [-0.2, 0) is 16.6 Å². The molecule has 0 aliphatic carbocycles. The predicted molar refractivity (Wildman–Crippen MR) is 79.7 cm³/mol. The third-order valence-corrected chi connectivity index (χ3v) is 3.17. The molecule has 1 aromatic carbocycles. The molecule has 6 heteroatoms. The Bertz CT molecular complexity index is 649. The van der Waals surface area contributed by atoms with Crippen molar-refractivity contribution in [2.45, 2.75) is 6.92 Å². The predicted octanol–water partition coefficient (Wildman–Crippen LogP) is 2.83. The van der Waals surface area contributed by atoms with Gasteiger partial charge in [0, 0.05) is 24.7 Å². The topological polar surface area (TPSA) is 53.4 Å². The number of hydrogen-bond donors (Lipinski definition) is 0. The van der Waals surface area contributed by atoms with E-state index in [0.717, 1.165) is 15.4 Å². The van der Waals surface area contributed by atoms with Crippen molar-refractivity contribution in [3.05, 3.63) is 35.0 Å². The molecule has 0 amide bonds. The second-order valence-corrected chi connectivity index (χ2v) is 4.96. The van der Waals surface area contributed by atoms with E-state index in [-0.39, 0.29) is 5.97 Å². The molecule has 0 spiro atoms. The zero-order valence-corrected chi connectivity index (χ0v) is 12.9. The zero-order valence-electron chi connectivity index (χ0n) is 11.3. The fourth-order valence-corrected chi connectivity index (χ4v) is 2.18. The SMILES string of the molecule is CCOC(=O)/C=C/COc1cc2cn(C)nc2cc1Br. The van der Waals surface area contributed by atoms with Crippen LogP contribution in [0.15, 0.2) is 35.0 Å². The lowest BCUT2D eigenvalue weighted by Crippen LogP contribution is -2.01. The Hall–Kier alpha value is -1.82. The van der Waals surface area contributed by atoms with Gasteiger partial charge in [0.2, 0.25) is 0 Å². The third-order valence-electron chi connectivity index (χ3n) is 2.55. The summed E-state index contributed by atoms with van der Waals surface area (Å²) in [5.41, 5.74) is 0.897. The summed E-state index contributed by atoms with van der Waals surface area (Å²) in [4.78, 5) is 11.1. The van der Waals surface area contributed by atoms with Crippen LogP contribution in [0, 0.1) is 0 Å². The van der Waals surface area contributed by atoms with E-state index in [2.05, 4.69) is 21.0 Å².